The maximum Gasteiger partial charge on any atom is 0.180 e. The second-order valence-electron chi connectivity index (χ2n) is 8.15. The number of tetrazole rings is 1. The van der Waals surface area contributed by atoms with Crippen LogP contribution >= 0.6 is 0 Å². The minimum atomic E-state index is 0.671. The first-order valence-electron chi connectivity index (χ1n) is 11.6. The number of aromatic nitrogens is 7. The average molecular weight is 430 g/mol. The summed E-state index contributed by atoms with van der Waals surface area (Å²) < 4.78 is 2.13. The van der Waals surface area contributed by atoms with Gasteiger partial charge in [-0.25, -0.2) is 14.8 Å². The largest absolute Gasteiger partial charge is 0.249 e. The molecule has 166 valence electrons. The van der Waals surface area contributed by atoms with E-state index in [1.807, 2.05) is 18.2 Å². The molecule has 0 atom stereocenters. The number of aromatic amines is 1. The van der Waals surface area contributed by atoms with Crippen molar-refractivity contribution in [1.29, 1.82) is 0 Å². The van der Waals surface area contributed by atoms with Crippen molar-refractivity contribution in [2.45, 2.75) is 65.3 Å². The standard InChI is InChI=1S/C25H31N7/c1-3-5-9-17-32-24(26-23(29-32)12-6-4-2)18-19-13-15-20(16-14-19)21-10-7-8-11-22(21)25-27-30-31-28-25/h7-8,10-11,13-16H,3-6,9,12,17-18H2,1-2H3,(H,27,28,30,31). The number of rotatable bonds is 11. The summed E-state index contributed by atoms with van der Waals surface area (Å²) in [5, 5.41) is 19.2. The van der Waals surface area contributed by atoms with Crippen molar-refractivity contribution in [3.05, 3.63) is 65.7 Å². The van der Waals surface area contributed by atoms with Crippen LogP contribution in [0.15, 0.2) is 48.5 Å². The Bertz CT molecular complexity index is 1100. The molecule has 0 aliphatic carbocycles. The lowest BCUT2D eigenvalue weighted by atomic mass is 9.98. The van der Waals surface area contributed by atoms with Crippen LogP contribution in [0.3, 0.4) is 0 Å². The summed E-state index contributed by atoms with van der Waals surface area (Å²) in [6.45, 7) is 5.38. The van der Waals surface area contributed by atoms with E-state index in [-0.39, 0.29) is 0 Å². The van der Waals surface area contributed by atoms with E-state index in [1.165, 1.54) is 18.4 Å². The highest BCUT2D eigenvalue weighted by molar-refractivity contribution is 5.80. The summed E-state index contributed by atoms with van der Waals surface area (Å²) in [7, 11) is 0. The van der Waals surface area contributed by atoms with Crippen LogP contribution in [0.5, 0.6) is 0 Å². The van der Waals surface area contributed by atoms with Crippen LogP contribution in [0.4, 0.5) is 0 Å². The summed E-state index contributed by atoms with van der Waals surface area (Å²) in [6.07, 6.45) is 7.61. The predicted molar refractivity (Wildman–Crippen MR) is 126 cm³/mol. The van der Waals surface area contributed by atoms with E-state index in [1.54, 1.807) is 0 Å². The minimum Gasteiger partial charge on any atom is -0.249 e. The van der Waals surface area contributed by atoms with Gasteiger partial charge in [0.15, 0.2) is 11.6 Å². The molecule has 7 heteroatoms. The molecule has 4 rings (SSSR count). The number of benzene rings is 2. The van der Waals surface area contributed by atoms with Crippen LogP contribution in [0.2, 0.25) is 0 Å². The van der Waals surface area contributed by atoms with E-state index in [2.05, 4.69) is 69.5 Å². The Labute approximate surface area is 189 Å². The zero-order valence-corrected chi connectivity index (χ0v) is 19.0. The van der Waals surface area contributed by atoms with Gasteiger partial charge in [0.05, 0.1) is 0 Å². The predicted octanol–water partition coefficient (Wildman–Crippen LogP) is 5.25. The number of hydrogen-bond donors (Lipinski definition) is 1. The maximum absolute atomic E-state index is 4.88. The van der Waals surface area contributed by atoms with Crippen molar-refractivity contribution in [1.82, 2.24) is 35.4 Å². The molecule has 0 fully saturated rings. The third kappa shape index (κ3) is 5.28. The topological polar surface area (TPSA) is 85.2 Å². The van der Waals surface area contributed by atoms with E-state index in [4.69, 9.17) is 10.1 Å². The zero-order valence-electron chi connectivity index (χ0n) is 19.0. The van der Waals surface area contributed by atoms with Gasteiger partial charge < -0.3 is 0 Å². The number of nitrogens with zero attached hydrogens (tertiary/aromatic N) is 6. The zero-order chi connectivity index (χ0) is 22.2. The highest BCUT2D eigenvalue weighted by Crippen LogP contribution is 2.30. The molecule has 0 saturated carbocycles. The molecule has 7 nitrogen and oxygen atoms in total. The minimum absolute atomic E-state index is 0.671. The van der Waals surface area contributed by atoms with Crippen LogP contribution in [0.25, 0.3) is 22.5 Å². The van der Waals surface area contributed by atoms with Crippen molar-refractivity contribution in [2.75, 3.05) is 0 Å². The molecule has 32 heavy (non-hydrogen) atoms. The van der Waals surface area contributed by atoms with Gasteiger partial charge in [0.25, 0.3) is 0 Å². The normalized spacial score (nSPS) is 11.2. The Morgan fingerprint density at radius 3 is 2.38 bits per heavy atom. The van der Waals surface area contributed by atoms with Crippen molar-refractivity contribution in [3.63, 3.8) is 0 Å². The Balaban J connectivity index is 1.54. The summed E-state index contributed by atoms with van der Waals surface area (Å²) in [6, 6.07) is 16.8. The van der Waals surface area contributed by atoms with Gasteiger partial charge in [-0.2, -0.15) is 5.10 Å². The molecule has 0 radical (unpaired) electrons. The molecule has 0 amide bonds. The molecule has 0 aliphatic rings. The van der Waals surface area contributed by atoms with Crippen LogP contribution < -0.4 is 0 Å². The Morgan fingerprint density at radius 2 is 1.66 bits per heavy atom. The fourth-order valence-corrected chi connectivity index (χ4v) is 3.89. The Kier molecular flexibility index (Phi) is 7.38. The molecule has 1 N–H and O–H groups in total. The summed E-state index contributed by atoms with van der Waals surface area (Å²) >= 11 is 0. The molecule has 2 heterocycles. The lowest BCUT2D eigenvalue weighted by Crippen LogP contribution is -2.07. The quantitative estimate of drug-likeness (QED) is 0.329. The summed E-state index contributed by atoms with van der Waals surface area (Å²) in [5.41, 5.74) is 4.45. The molecule has 2 aromatic heterocycles. The fraction of sp³-hybridized carbons (Fsp3) is 0.400. The lowest BCUT2D eigenvalue weighted by Gasteiger charge is -2.09. The molecule has 0 bridgehead atoms. The van der Waals surface area contributed by atoms with E-state index in [9.17, 15) is 0 Å². The lowest BCUT2D eigenvalue weighted by molar-refractivity contribution is 0.530. The number of H-pyrrole nitrogens is 1. The van der Waals surface area contributed by atoms with Crippen molar-refractivity contribution >= 4 is 0 Å². The van der Waals surface area contributed by atoms with Gasteiger partial charge in [-0.05, 0) is 40.0 Å². The number of nitrogens with one attached hydrogen (secondary N) is 1. The number of aryl methyl sites for hydroxylation is 2. The molecule has 0 saturated heterocycles. The van der Waals surface area contributed by atoms with E-state index in [0.717, 1.165) is 67.0 Å². The molecule has 0 unspecified atom stereocenters. The summed E-state index contributed by atoms with van der Waals surface area (Å²) in [4.78, 5) is 4.88. The molecular weight excluding hydrogens is 398 g/mol. The molecule has 4 aromatic rings. The molecule has 0 spiro atoms. The van der Waals surface area contributed by atoms with Crippen molar-refractivity contribution < 1.29 is 0 Å². The van der Waals surface area contributed by atoms with Crippen molar-refractivity contribution in [2.24, 2.45) is 0 Å². The number of unbranched alkanes of at least 4 members (excludes halogenated alkanes) is 3. The monoisotopic (exact) mass is 429 g/mol. The first kappa shape index (κ1) is 21.9. The van der Waals surface area contributed by atoms with Crippen LogP contribution in [0, 0.1) is 0 Å². The number of hydrogen-bond acceptors (Lipinski definition) is 5. The van der Waals surface area contributed by atoms with Crippen LogP contribution in [-0.2, 0) is 19.4 Å². The van der Waals surface area contributed by atoms with Gasteiger partial charge in [0, 0.05) is 24.9 Å². The molecule has 0 aliphatic heterocycles. The van der Waals surface area contributed by atoms with Gasteiger partial charge in [0.2, 0.25) is 0 Å². The average Bonchev–Trinajstić information content (AvgIpc) is 3.49. The first-order valence-corrected chi connectivity index (χ1v) is 11.6. The summed E-state index contributed by atoms with van der Waals surface area (Å²) in [5.74, 6) is 2.71. The third-order valence-electron chi connectivity index (χ3n) is 5.67. The van der Waals surface area contributed by atoms with Gasteiger partial charge in [-0.1, -0.05) is 81.6 Å². The van der Waals surface area contributed by atoms with Gasteiger partial charge >= 0.3 is 0 Å². The molecule has 2 aromatic carbocycles. The Morgan fingerprint density at radius 1 is 0.875 bits per heavy atom. The van der Waals surface area contributed by atoms with Gasteiger partial charge in [0.1, 0.15) is 5.82 Å². The van der Waals surface area contributed by atoms with Gasteiger partial charge in [-0.3, -0.25) is 0 Å². The first-order chi connectivity index (χ1) is 15.8. The van der Waals surface area contributed by atoms with Crippen LogP contribution in [0.1, 0.15) is 63.2 Å². The van der Waals surface area contributed by atoms with E-state index >= 15 is 0 Å². The Hall–Kier alpha value is -3.35. The maximum atomic E-state index is 4.88. The van der Waals surface area contributed by atoms with E-state index in [0.29, 0.717) is 5.82 Å². The van der Waals surface area contributed by atoms with E-state index < -0.39 is 0 Å². The highest BCUT2D eigenvalue weighted by Gasteiger charge is 2.12. The fourth-order valence-electron chi connectivity index (χ4n) is 3.89. The second-order valence-corrected chi connectivity index (χ2v) is 8.15. The second kappa shape index (κ2) is 10.8. The smallest absolute Gasteiger partial charge is 0.180 e. The highest BCUT2D eigenvalue weighted by atomic mass is 15.5. The molecular formula is C25H31N7. The van der Waals surface area contributed by atoms with Gasteiger partial charge in [-0.15, -0.1) is 5.10 Å². The van der Waals surface area contributed by atoms with Crippen LogP contribution in [-0.4, -0.2) is 35.4 Å². The third-order valence-corrected chi connectivity index (χ3v) is 5.67. The van der Waals surface area contributed by atoms with Crippen molar-refractivity contribution in [3.8, 4) is 22.5 Å². The SMILES string of the molecule is CCCCCn1nc(CCCC)nc1Cc1ccc(-c2ccccc2-c2nnn[nH]2)cc1.